The Bertz CT molecular complexity index is 347. The highest BCUT2D eigenvalue weighted by molar-refractivity contribution is 5.70. The van der Waals surface area contributed by atoms with Crippen molar-refractivity contribution in [1.82, 2.24) is 4.90 Å². The Morgan fingerprint density at radius 2 is 1.94 bits per heavy atom. The normalized spacial score (nSPS) is 34.6. The lowest BCUT2D eigenvalue weighted by Crippen LogP contribution is -2.51. The largest absolute Gasteiger partial charge is 0.444 e. The lowest BCUT2D eigenvalue weighted by Gasteiger charge is -2.34. The Morgan fingerprint density at radius 1 is 1.39 bits per heavy atom. The molecular formula is C13H23NO4. The average Bonchev–Trinajstić information content (AvgIpc) is 2.76. The Labute approximate surface area is 108 Å². The van der Waals surface area contributed by atoms with Crippen LogP contribution in [0.3, 0.4) is 0 Å². The monoisotopic (exact) mass is 257 g/mol. The molecule has 5 nitrogen and oxygen atoms in total. The molecule has 3 atom stereocenters. The Morgan fingerprint density at radius 3 is 2.39 bits per heavy atom. The minimum absolute atomic E-state index is 0.0511. The number of nitrogens with zero attached hydrogens (tertiary/aromatic N) is 1. The first-order valence-corrected chi connectivity index (χ1v) is 6.43. The molecule has 0 aromatic heterocycles. The second-order valence-electron chi connectivity index (χ2n) is 6.48. The van der Waals surface area contributed by atoms with Gasteiger partial charge in [-0.25, -0.2) is 4.79 Å². The average molecular weight is 257 g/mol. The maximum Gasteiger partial charge on any atom is 0.412 e. The molecule has 18 heavy (non-hydrogen) atoms. The molecule has 2 rings (SSSR count). The SMILES string of the molecule is CC1OC1C1COC(C)(C)N1C(=O)OC(C)(C)C. The third-order valence-electron chi connectivity index (χ3n) is 3.25. The van der Waals surface area contributed by atoms with E-state index in [4.69, 9.17) is 14.2 Å². The minimum Gasteiger partial charge on any atom is -0.444 e. The van der Waals surface area contributed by atoms with E-state index in [9.17, 15) is 4.79 Å². The van der Waals surface area contributed by atoms with Crippen molar-refractivity contribution in [3.8, 4) is 0 Å². The van der Waals surface area contributed by atoms with Gasteiger partial charge in [0.05, 0.1) is 18.8 Å². The number of hydrogen-bond donors (Lipinski definition) is 0. The molecule has 0 aromatic rings. The second-order valence-corrected chi connectivity index (χ2v) is 6.48. The quantitative estimate of drug-likeness (QED) is 0.675. The standard InChI is InChI=1S/C13H23NO4/c1-8-10(17-8)9-7-16-13(5,6)14(9)11(15)18-12(2,3)4/h8-10H,7H2,1-6H3. The first-order chi connectivity index (χ1) is 8.12. The molecule has 0 aromatic carbocycles. The highest BCUT2D eigenvalue weighted by Crippen LogP contribution is 2.37. The van der Waals surface area contributed by atoms with Crippen LogP contribution in [0.5, 0.6) is 0 Å². The fraction of sp³-hybridized carbons (Fsp3) is 0.923. The van der Waals surface area contributed by atoms with Crippen molar-refractivity contribution < 1.29 is 19.0 Å². The summed E-state index contributed by atoms with van der Waals surface area (Å²) in [6, 6.07) is -0.0511. The number of hydrogen-bond acceptors (Lipinski definition) is 4. The molecule has 2 fully saturated rings. The summed E-state index contributed by atoms with van der Waals surface area (Å²) in [5.41, 5.74) is -1.14. The summed E-state index contributed by atoms with van der Waals surface area (Å²) < 4.78 is 16.6. The number of rotatable bonds is 1. The first-order valence-electron chi connectivity index (χ1n) is 6.43. The number of carbonyl (C=O) groups excluding carboxylic acids is 1. The lowest BCUT2D eigenvalue weighted by molar-refractivity contribution is -0.0632. The van der Waals surface area contributed by atoms with Crippen LogP contribution < -0.4 is 0 Å². The van der Waals surface area contributed by atoms with Gasteiger partial charge in [-0.05, 0) is 41.5 Å². The summed E-state index contributed by atoms with van der Waals surface area (Å²) in [6.07, 6.45) is -0.0746. The number of ether oxygens (including phenoxy) is 3. The van der Waals surface area contributed by atoms with Gasteiger partial charge in [0.15, 0.2) is 0 Å². The summed E-state index contributed by atoms with van der Waals surface area (Å²) >= 11 is 0. The topological polar surface area (TPSA) is 51.3 Å². The van der Waals surface area contributed by atoms with Crippen LogP contribution in [0.25, 0.3) is 0 Å². The molecule has 2 aliphatic rings. The van der Waals surface area contributed by atoms with E-state index in [-0.39, 0.29) is 24.3 Å². The molecule has 2 heterocycles. The van der Waals surface area contributed by atoms with Crippen LogP contribution in [-0.4, -0.2) is 47.2 Å². The Balaban J connectivity index is 2.12. The zero-order valence-electron chi connectivity index (χ0n) is 12.0. The van der Waals surface area contributed by atoms with Gasteiger partial charge in [-0.1, -0.05) is 0 Å². The van der Waals surface area contributed by atoms with Gasteiger partial charge in [0.2, 0.25) is 0 Å². The molecule has 1 amide bonds. The van der Waals surface area contributed by atoms with Crippen molar-refractivity contribution in [2.75, 3.05) is 6.61 Å². The van der Waals surface area contributed by atoms with Crippen molar-refractivity contribution in [2.24, 2.45) is 0 Å². The van der Waals surface area contributed by atoms with Crippen molar-refractivity contribution in [2.45, 2.75) is 71.1 Å². The number of carbonyl (C=O) groups is 1. The molecular weight excluding hydrogens is 234 g/mol. The highest BCUT2D eigenvalue weighted by Gasteiger charge is 2.55. The number of epoxide rings is 1. The van der Waals surface area contributed by atoms with Gasteiger partial charge in [0.25, 0.3) is 0 Å². The molecule has 0 spiro atoms. The van der Waals surface area contributed by atoms with E-state index in [1.807, 2.05) is 41.5 Å². The molecule has 0 N–H and O–H groups in total. The Hall–Kier alpha value is -0.810. The van der Waals surface area contributed by atoms with Gasteiger partial charge in [-0.15, -0.1) is 0 Å². The van der Waals surface area contributed by atoms with Gasteiger partial charge in [0, 0.05) is 0 Å². The van der Waals surface area contributed by atoms with Crippen molar-refractivity contribution in [3.63, 3.8) is 0 Å². The van der Waals surface area contributed by atoms with E-state index in [0.29, 0.717) is 6.61 Å². The van der Waals surface area contributed by atoms with Crippen LogP contribution in [-0.2, 0) is 14.2 Å². The zero-order valence-corrected chi connectivity index (χ0v) is 12.0. The van der Waals surface area contributed by atoms with Gasteiger partial charge >= 0.3 is 6.09 Å². The van der Waals surface area contributed by atoms with Crippen LogP contribution in [0, 0.1) is 0 Å². The fourth-order valence-electron chi connectivity index (χ4n) is 2.35. The maximum absolute atomic E-state index is 12.3. The smallest absolute Gasteiger partial charge is 0.412 e. The molecule has 0 saturated carbocycles. The van der Waals surface area contributed by atoms with Crippen molar-refractivity contribution in [3.05, 3.63) is 0 Å². The molecule has 2 aliphatic heterocycles. The van der Waals surface area contributed by atoms with E-state index < -0.39 is 11.3 Å². The summed E-state index contributed by atoms with van der Waals surface area (Å²) in [5, 5.41) is 0. The molecule has 0 bridgehead atoms. The van der Waals surface area contributed by atoms with Crippen LogP contribution in [0.2, 0.25) is 0 Å². The van der Waals surface area contributed by atoms with Crippen LogP contribution in [0.4, 0.5) is 4.79 Å². The van der Waals surface area contributed by atoms with Crippen LogP contribution in [0.1, 0.15) is 41.5 Å². The second kappa shape index (κ2) is 4.10. The zero-order chi connectivity index (χ0) is 13.7. The molecule has 3 unspecified atom stereocenters. The van der Waals surface area contributed by atoms with Gasteiger partial charge in [-0.2, -0.15) is 0 Å². The summed E-state index contributed by atoms with van der Waals surface area (Å²) in [7, 11) is 0. The molecule has 0 aliphatic carbocycles. The highest BCUT2D eigenvalue weighted by atomic mass is 16.6. The van der Waals surface area contributed by atoms with Crippen LogP contribution >= 0.6 is 0 Å². The molecule has 2 saturated heterocycles. The summed E-state index contributed by atoms with van der Waals surface area (Å²) in [4.78, 5) is 14.0. The van der Waals surface area contributed by atoms with Gasteiger partial charge < -0.3 is 14.2 Å². The van der Waals surface area contributed by atoms with Crippen molar-refractivity contribution >= 4 is 6.09 Å². The van der Waals surface area contributed by atoms with Gasteiger partial charge in [0.1, 0.15) is 17.4 Å². The van der Waals surface area contributed by atoms with E-state index in [1.54, 1.807) is 4.90 Å². The lowest BCUT2D eigenvalue weighted by atomic mass is 10.1. The van der Waals surface area contributed by atoms with Gasteiger partial charge in [-0.3, -0.25) is 4.90 Å². The molecule has 0 radical (unpaired) electrons. The van der Waals surface area contributed by atoms with Crippen LogP contribution in [0.15, 0.2) is 0 Å². The third kappa shape index (κ3) is 2.62. The first kappa shape index (κ1) is 13.6. The Kier molecular flexibility index (Phi) is 3.10. The minimum atomic E-state index is -0.640. The predicted molar refractivity (Wildman–Crippen MR) is 66.2 cm³/mol. The van der Waals surface area contributed by atoms with E-state index >= 15 is 0 Å². The predicted octanol–water partition coefficient (Wildman–Crippen LogP) is 2.15. The summed E-state index contributed by atoms with van der Waals surface area (Å²) in [6.45, 7) is 11.8. The fourth-order valence-corrected chi connectivity index (χ4v) is 2.35. The van der Waals surface area contributed by atoms with E-state index in [1.165, 1.54) is 0 Å². The number of amides is 1. The summed E-state index contributed by atoms with van der Waals surface area (Å²) in [5.74, 6) is 0. The van der Waals surface area contributed by atoms with E-state index in [0.717, 1.165) is 0 Å². The maximum atomic E-state index is 12.3. The third-order valence-corrected chi connectivity index (χ3v) is 3.25. The van der Waals surface area contributed by atoms with Crippen molar-refractivity contribution in [1.29, 1.82) is 0 Å². The molecule has 5 heteroatoms. The van der Waals surface area contributed by atoms with E-state index in [2.05, 4.69) is 0 Å². The molecule has 104 valence electrons.